The summed E-state index contributed by atoms with van der Waals surface area (Å²) < 4.78 is 29.2. The van der Waals surface area contributed by atoms with E-state index in [2.05, 4.69) is 14.8 Å². The van der Waals surface area contributed by atoms with Crippen LogP contribution in [0.15, 0.2) is 41.2 Å². The predicted molar refractivity (Wildman–Crippen MR) is 109 cm³/mol. The van der Waals surface area contributed by atoms with E-state index in [1.807, 2.05) is 18.2 Å². The Morgan fingerprint density at radius 2 is 1.79 bits per heavy atom. The highest BCUT2D eigenvalue weighted by Crippen LogP contribution is 2.29. The lowest BCUT2D eigenvalue weighted by molar-refractivity contribution is 0.250. The van der Waals surface area contributed by atoms with Gasteiger partial charge in [-0.2, -0.15) is 0 Å². The Balaban J connectivity index is 1.62. The van der Waals surface area contributed by atoms with Crippen molar-refractivity contribution in [2.45, 2.75) is 18.9 Å². The largest absolute Gasteiger partial charge is 0.367 e. The summed E-state index contributed by atoms with van der Waals surface area (Å²) in [6.07, 6.45) is 2.26. The molecule has 3 aliphatic rings. The molecule has 3 saturated heterocycles. The molecule has 2 bridgehead atoms. The van der Waals surface area contributed by atoms with Crippen molar-refractivity contribution in [3.05, 3.63) is 58.4 Å². The van der Waals surface area contributed by atoms with Crippen LogP contribution in [-0.2, 0) is 7.05 Å². The number of benzene rings is 2. The van der Waals surface area contributed by atoms with E-state index in [0.29, 0.717) is 16.9 Å². The van der Waals surface area contributed by atoms with Crippen molar-refractivity contribution >= 4 is 16.6 Å². The van der Waals surface area contributed by atoms with Crippen molar-refractivity contribution in [1.29, 1.82) is 0 Å². The monoisotopic (exact) mass is 396 g/mol. The smallest absolute Gasteiger partial charge is 0.261 e. The zero-order valence-electron chi connectivity index (χ0n) is 16.2. The van der Waals surface area contributed by atoms with Crippen molar-refractivity contribution in [2.75, 3.05) is 31.1 Å². The number of hydrogen-bond donors (Lipinski definition) is 0. The fourth-order valence-corrected chi connectivity index (χ4v) is 4.57. The van der Waals surface area contributed by atoms with Gasteiger partial charge in [0.25, 0.3) is 5.56 Å². The number of piperidine rings is 1. The van der Waals surface area contributed by atoms with Crippen LogP contribution >= 0.6 is 0 Å². The maximum absolute atomic E-state index is 14.3. The van der Waals surface area contributed by atoms with Crippen LogP contribution in [0.3, 0.4) is 0 Å². The minimum Gasteiger partial charge on any atom is -0.367 e. The van der Waals surface area contributed by atoms with Crippen LogP contribution < -0.4 is 10.5 Å². The summed E-state index contributed by atoms with van der Waals surface area (Å²) in [5, 5.41) is 0.490. The summed E-state index contributed by atoms with van der Waals surface area (Å²) in [5.41, 5.74) is 1.22. The molecule has 3 fully saturated rings. The third kappa shape index (κ3) is 3.09. The molecule has 7 heteroatoms. The molecule has 0 spiro atoms. The molecule has 6 rings (SSSR count). The van der Waals surface area contributed by atoms with Crippen LogP contribution in [0.4, 0.5) is 14.5 Å². The highest BCUT2D eigenvalue weighted by Gasteiger charge is 2.29. The lowest BCUT2D eigenvalue weighted by atomic mass is 10.0. The molecule has 3 aliphatic heterocycles. The number of aromatic nitrogens is 2. The average Bonchev–Trinajstić information content (AvgIpc) is 3.06. The van der Waals surface area contributed by atoms with Gasteiger partial charge in [-0.25, -0.2) is 13.8 Å². The van der Waals surface area contributed by atoms with Crippen LogP contribution in [0, 0.1) is 11.6 Å². The molecule has 2 aromatic carbocycles. The molecule has 5 nitrogen and oxygen atoms in total. The zero-order chi connectivity index (χ0) is 20.1. The highest BCUT2D eigenvalue weighted by atomic mass is 19.1. The third-order valence-electron chi connectivity index (χ3n) is 6.22. The zero-order valence-corrected chi connectivity index (χ0v) is 16.2. The molecule has 150 valence electrons. The van der Waals surface area contributed by atoms with Crippen LogP contribution in [0.1, 0.15) is 12.8 Å². The molecule has 0 radical (unpaired) electrons. The first-order chi connectivity index (χ1) is 14.0. The van der Waals surface area contributed by atoms with Crippen molar-refractivity contribution < 1.29 is 8.78 Å². The molecule has 0 N–H and O–H groups in total. The summed E-state index contributed by atoms with van der Waals surface area (Å²) in [4.78, 5) is 22.4. The Morgan fingerprint density at radius 3 is 2.59 bits per heavy atom. The molecular formula is C22H22F2N4O. The molecule has 29 heavy (non-hydrogen) atoms. The van der Waals surface area contributed by atoms with Gasteiger partial charge in [-0.15, -0.1) is 0 Å². The van der Waals surface area contributed by atoms with E-state index in [0.717, 1.165) is 62.9 Å². The van der Waals surface area contributed by atoms with Crippen molar-refractivity contribution in [2.24, 2.45) is 7.05 Å². The maximum Gasteiger partial charge on any atom is 0.261 e. The van der Waals surface area contributed by atoms with Gasteiger partial charge in [0.15, 0.2) is 0 Å². The van der Waals surface area contributed by atoms with Crippen LogP contribution in [-0.4, -0.2) is 46.7 Å². The fourth-order valence-electron chi connectivity index (χ4n) is 4.57. The third-order valence-corrected chi connectivity index (χ3v) is 6.22. The molecule has 0 atom stereocenters. The molecule has 0 unspecified atom stereocenters. The molecule has 1 aromatic heterocycles. The van der Waals surface area contributed by atoms with Crippen molar-refractivity contribution in [1.82, 2.24) is 14.5 Å². The highest BCUT2D eigenvalue weighted by molar-refractivity contribution is 5.83. The molecule has 0 amide bonds. The SMILES string of the molecule is Cn1c(-c2cc(F)ccc2F)nc2ccc(N3CCN4CCC3CC4)cc2c1=O. The van der Waals surface area contributed by atoms with Crippen LogP contribution in [0.25, 0.3) is 22.3 Å². The Labute approximate surface area is 167 Å². The first-order valence-electron chi connectivity index (χ1n) is 9.96. The number of nitrogens with zero attached hydrogens (tertiary/aromatic N) is 4. The van der Waals surface area contributed by atoms with Gasteiger partial charge in [-0.3, -0.25) is 9.36 Å². The van der Waals surface area contributed by atoms with Gasteiger partial charge in [0.2, 0.25) is 0 Å². The van der Waals surface area contributed by atoms with E-state index >= 15 is 0 Å². The standard InChI is InChI=1S/C22H22F2N4O/c1-26-21(17-12-14(23)2-4-19(17)24)25-20-5-3-16(13-18(20)22(26)29)28-11-10-27-8-6-15(28)7-9-27/h2-5,12-13,15H,6-11H2,1H3. The average molecular weight is 396 g/mol. The summed E-state index contributed by atoms with van der Waals surface area (Å²) in [5.74, 6) is -1.06. The Morgan fingerprint density at radius 1 is 1.00 bits per heavy atom. The minimum atomic E-state index is -0.611. The summed E-state index contributed by atoms with van der Waals surface area (Å²) in [7, 11) is 1.54. The minimum absolute atomic E-state index is 0.0193. The van der Waals surface area contributed by atoms with Gasteiger partial charge in [0.05, 0.1) is 16.5 Å². The van der Waals surface area contributed by atoms with E-state index in [1.165, 1.54) is 4.57 Å². The number of hydrogen-bond acceptors (Lipinski definition) is 4. The molecule has 0 aliphatic carbocycles. The first-order valence-corrected chi connectivity index (χ1v) is 9.96. The predicted octanol–water partition coefficient (Wildman–Crippen LogP) is 3.16. The summed E-state index contributed by atoms with van der Waals surface area (Å²) in [6, 6.07) is 9.34. The van der Waals surface area contributed by atoms with E-state index < -0.39 is 11.6 Å². The number of fused-ring (bicyclic) bond motifs is 5. The molecular weight excluding hydrogens is 374 g/mol. The Kier molecular flexibility index (Phi) is 4.35. The van der Waals surface area contributed by atoms with Gasteiger partial charge in [-0.1, -0.05) is 0 Å². The lowest BCUT2D eigenvalue weighted by Crippen LogP contribution is -2.38. The first kappa shape index (κ1) is 18.2. The molecule has 4 heterocycles. The normalized spacial score (nSPS) is 21.6. The number of rotatable bonds is 2. The van der Waals surface area contributed by atoms with E-state index in [9.17, 15) is 13.6 Å². The second kappa shape index (κ2) is 6.91. The van der Waals surface area contributed by atoms with Gasteiger partial charge < -0.3 is 9.80 Å². The van der Waals surface area contributed by atoms with Crippen LogP contribution in [0.2, 0.25) is 0 Å². The maximum atomic E-state index is 14.3. The Bertz CT molecular complexity index is 1150. The van der Waals surface area contributed by atoms with Crippen molar-refractivity contribution in [3.8, 4) is 11.4 Å². The second-order valence-electron chi connectivity index (χ2n) is 7.89. The summed E-state index contributed by atoms with van der Waals surface area (Å²) in [6.45, 7) is 4.22. The van der Waals surface area contributed by atoms with E-state index in [-0.39, 0.29) is 16.9 Å². The van der Waals surface area contributed by atoms with E-state index in [4.69, 9.17) is 0 Å². The molecule has 0 saturated carbocycles. The van der Waals surface area contributed by atoms with Gasteiger partial charge in [0, 0.05) is 45.0 Å². The van der Waals surface area contributed by atoms with Gasteiger partial charge in [0.1, 0.15) is 17.5 Å². The van der Waals surface area contributed by atoms with Gasteiger partial charge in [-0.05, 0) is 49.2 Å². The van der Waals surface area contributed by atoms with Gasteiger partial charge >= 0.3 is 0 Å². The number of halogens is 2. The lowest BCUT2D eigenvalue weighted by Gasteiger charge is -2.33. The summed E-state index contributed by atoms with van der Waals surface area (Å²) >= 11 is 0. The Hall–Kier alpha value is -2.80. The quantitative estimate of drug-likeness (QED) is 0.667. The van der Waals surface area contributed by atoms with Crippen LogP contribution in [0.5, 0.6) is 0 Å². The number of anilines is 1. The van der Waals surface area contributed by atoms with E-state index in [1.54, 1.807) is 7.05 Å². The second-order valence-corrected chi connectivity index (χ2v) is 7.89. The van der Waals surface area contributed by atoms with Crippen molar-refractivity contribution in [3.63, 3.8) is 0 Å². The fraction of sp³-hybridized carbons (Fsp3) is 0.364. The topological polar surface area (TPSA) is 41.4 Å². The molecule has 3 aromatic rings.